The molecule has 29 heavy (non-hydrogen) atoms. The Balaban J connectivity index is 1.45. The van der Waals surface area contributed by atoms with Gasteiger partial charge in [-0.2, -0.15) is 0 Å². The minimum atomic E-state index is -0.505. The van der Waals surface area contributed by atoms with Gasteiger partial charge in [-0.1, -0.05) is 29.8 Å². The molecule has 1 fully saturated rings. The van der Waals surface area contributed by atoms with Crippen LogP contribution in [0.4, 0.5) is 5.69 Å². The maximum Gasteiger partial charge on any atom is 0.251 e. The Morgan fingerprint density at radius 1 is 1.21 bits per heavy atom. The van der Waals surface area contributed by atoms with E-state index in [-0.39, 0.29) is 11.8 Å². The zero-order valence-corrected chi connectivity index (χ0v) is 16.4. The fourth-order valence-corrected chi connectivity index (χ4v) is 3.63. The molecular weight excluding hydrogens is 364 g/mol. The minimum Gasteiger partial charge on any atom is -0.340 e. The van der Waals surface area contributed by atoms with Crippen LogP contribution in [-0.2, 0) is 11.3 Å². The summed E-state index contributed by atoms with van der Waals surface area (Å²) in [5, 5.41) is 2.93. The van der Waals surface area contributed by atoms with Crippen molar-refractivity contribution in [2.45, 2.75) is 32.4 Å². The van der Waals surface area contributed by atoms with Crippen LogP contribution in [0.2, 0.25) is 0 Å². The number of nitrogens with zero attached hydrogens (tertiary/aromatic N) is 3. The minimum absolute atomic E-state index is 0.0528. The first-order chi connectivity index (χ1) is 14.1. The number of carbonyl (C=O) groups is 2. The topological polar surface area (TPSA) is 67.2 Å². The Bertz CT molecular complexity index is 996. The van der Waals surface area contributed by atoms with Gasteiger partial charge in [0.25, 0.3) is 5.91 Å². The first-order valence-corrected chi connectivity index (χ1v) is 9.84. The quantitative estimate of drug-likeness (QED) is 0.730. The van der Waals surface area contributed by atoms with Crippen molar-refractivity contribution in [2.75, 3.05) is 11.4 Å². The maximum atomic E-state index is 13.0. The number of imidazole rings is 1. The van der Waals surface area contributed by atoms with Crippen LogP contribution < -0.4 is 10.2 Å². The van der Waals surface area contributed by atoms with E-state index in [4.69, 9.17) is 0 Å². The third kappa shape index (κ3) is 4.37. The molecule has 3 aromatic rings. The number of hydrogen-bond donors (Lipinski definition) is 1. The molecule has 0 saturated carbocycles. The Labute approximate surface area is 170 Å². The molecule has 1 aromatic heterocycles. The van der Waals surface area contributed by atoms with Gasteiger partial charge < -0.3 is 14.8 Å². The molecule has 1 atom stereocenters. The first kappa shape index (κ1) is 18.9. The van der Waals surface area contributed by atoms with Crippen LogP contribution in [0, 0.1) is 6.92 Å². The smallest absolute Gasteiger partial charge is 0.251 e. The standard InChI is InChI=1S/C23H24N4O2/c1-17-7-9-20(10-8-17)27-12-3-6-21(23(27)29)25-22(28)19-5-2-4-18(14-19)15-26-13-11-24-16-26/h2,4-5,7-11,13-14,16,21H,3,6,12,15H2,1H3,(H,25,28). The number of anilines is 1. The van der Waals surface area contributed by atoms with Gasteiger partial charge in [-0.3, -0.25) is 9.59 Å². The lowest BCUT2D eigenvalue weighted by atomic mass is 10.0. The summed E-state index contributed by atoms with van der Waals surface area (Å²) >= 11 is 0. The molecule has 1 aliphatic heterocycles. The van der Waals surface area contributed by atoms with Crippen LogP contribution in [0.3, 0.4) is 0 Å². The molecule has 0 radical (unpaired) electrons. The number of aryl methyl sites for hydroxylation is 1. The van der Waals surface area contributed by atoms with Crippen LogP contribution in [0.15, 0.2) is 67.3 Å². The third-order valence-corrected chi connectivity index (χ3v) is 5.20. The SMILES string of the molecule is Cc1ccc(N2CCCC(NC(=O)c3cccc(Cn4ccnc4)c3)C2=O)cc1. The highest BCUT2D eigenvalue weighted by molar-refractivity contribution is 6.02. The molecule has 2 heterocycles. The van der Waals surface area contributed by atoms with Crippen molar-refractivity contribution in [2.24, 2.45) is 0 Å². The third-order valence-electron chi connectivity index (χ3n) is 5.20. The molecule has 6 heteroatoms. The van der Waals surface area contributed by atoms with Crippen molar-refractivity contribution in [1.82, 2.24) is 14.9 Å². The van der Waals surface area contributed by atoms with Gasteiger partial charge in [-0.05, 0) is 49.6 Å². The number of aromatic nitrogens is 2. The lowest BCUT2D eigenvalue weighted by molar-refractivity contribution is -0.121. The fourth-order valence-electron chi connectivity index (χ4n) is 3.63. The lowest BCUT2D eigenvalue weighted by Gasteiger charge is -2.32. The maximum absolute atomic E-state index is 13.0. The second-order valence-corrected chi connectivity index (χ2v) is 7.43. The van der Waals surface area contributed by atoms with Gasteiger partial charge in [-0.15, -0.1) is 0 Å². The Morgan fingerprint density at radius 2 is 2.03 bits per heavy atom. The average molecular weight is 388 g/mol. The summed E-state index contributed by atoms with van der Waals surface area (Å²) in [4.78, 5) is 31.6. The number of nitrogens with one attached hydrogen (secondary N) is 1. The molecule has 6 nitrogen and oxygen atoms in total. The Morgan fingerprint density at radius 3 is 2.79 bits per heavy atom. The molecule has 4 rings (SSSR count). The average Bonchev–Trinajstić information content (AvgIpc) is 3.23. The molecule has 1 N–H and O–H groups in total. The fraction of sp³-hybridized carbons (Fsp3) is 0.261. The highest BCUT2D eigenvalue weighted by Gasteiger charge is 2.31. The molecule has 1 saturated heterocycles. The normalized spacial score (nSPS) is 16.7. The lowest BCUT2D eigenvalue weighted by Crippen LogP contribution is -2.52. The van der Waals surface area contributed by atoms with E-state index in [1.54, 1.807) is 23.5 Å². The van der Waals surface area contributed by atoms with Crippen molar-refractivity contribution in [3.8, 4) is 0 Å². The van der Waals surface area contributed by atoms with E-state index < -0.39 is 6.04 Å². The number of rotatable bonds is 5. The van der Waals surface area contributed by atoms with Crippen LogP contribution in [0.5, 0.6) is 0 Å². The van der Waals surface area contributed by atoms with Gasteiger partial charge in [0, 0.05) is 36.7 Å². The monoisotopic (exact) mass is 388 g/mol. The van der Waals surface area contributed by atoms with E-state index in [9.17, 15) is 9.59 Å². The predicted octanol–water partition coefficient (Wildman–Crippen LogP) is 3.17. The summed E-state index contributed by atoms with van der Waals surface area (Å²) in [7, 11) is 0. The van der Waals surface area contributed by atoms with Crippen molar-refractivity contribution in [3.05, 3.63) is 83.9 Å². The van der Waals surface area contributed by atoms with Crippen LogP contribution in [-0.4, -0.2) is 34.0 Å². The molecule has 1 aliphatic rings. The van der Waals surface area contributed by atoms with Gasteiger partial charge >= 0.3 is 0 Å². The summed E-state index contributed by atoms with van der Waals surface area (Å²) in [6.07, 6.45) is 6.86. The van der Waals surface area contributed by atoms with Crippen LogP contribution in [0.25, 0.3) is 0 Å². The molecule has 2 aromatic carbocycles. The molecule has 1 unspecified atom stereocenters. The number of amides is 2. The number of hydrogen-bond acceptors (Lipinski definition) is 3. The number of benzene rings is 2. The molecule has 0 aliphatic carbocycles. The second-order valence-electron chi connectivity index (χ2n) is 7.43. The van der Waals surface area contributed by atoms with Crippen molar-refractivity contribution < 1.29 is 9.59 Å². The second kappa shape index (κ2) is 8.31. The predicted molar refractivity (Wildman–Crippen MR) is 112 cm³/mol. The number of piperidine rings is 1. The van der Waals surface area contributed by atoms with E-state index in [0.717, 1.165) is 23.2 Å². The van der Waals surface area contributed by atoms with Gasteiger partial charge in [0.05, 0.1) is 6.33 Å². The van der Waals surface area contributed by atoms with Gasteiger partial charge in [-0.25, -0.2) is 4.98 Å². The van der Waals surface area contributed by atoms with Crippen molar-refractivity contribution in [3.63, 3.8) is 0 Å². The van der Waals surface area contributed by atoms with Gasteiger partial charge in [0.15, 0.2) is 0 Å². The van der Waals surface area contributed by atoms with Gasteiger partial charge in [0.1, 0.15) is 6.04 Å². The molecule has 0 bridgehead atoms. The summed E-state index contributed by atoms with van der Waals surface area (Å²) in [6.45, 7) is 3.34. The van der Waals surface area contributed by atoms with E-state index >= 15 is 0 Å². The van der Waals surface area contributed by atoms with Crippen LogP contribution >= 0.6 is 0 Å². The van der Waals surface area contributed by atoms with Crippen molar-refractivity contribution >= 4 is 17.5 Å². The molecule has 0 spiro atoms. The molecular formula is C23H24N4O2. The summed E-state index contributed by atoms with van der Waals surface area (Å²) in [5.74, 6) is -0.274. The zero-order chi connectivity index (χ0) is 20.2. The highest BCUT2D eigenvalue weighted by Crippen LogP contribution is 2.22. The summed E-state index contributed by atoms with van der Waals surface area (Å²) in [6, 6.07) is 14.9. The van der Waals surface area contributed by atoms with E-state index in [2.05, 4.69) is 10.3 Å². The van der Waals surface area contributed by atoms with Gasteiger partial charge in [0.2, 0.25) is 5.91 Å². The zero-order valence-electron chi connectivity index (χ0n) is 16.4. The Hall–Kier alpha value is -3.41. The van der Waals surface area contributed by atoms with Crippen LogP contribution in [0.1, 0.15) is 34.3 Å². The summed E-state index contributed by atoms with van der Waals surface area (Å²) < 4.78 is 1.95. The number of carbonyl (C=O) groups excluding carboxylic acids is 2. The van der Waals surface area contributed by atoms with E-state index in [0.29, 0.717) is 25.1 Å². The van der Waals surface area contributed by atoms with E-state index in [1.165, 1.54) is 0 Å². The molecule has 148 valence electrons. The largest absolute Gasteiger partial charge is 0.340 e. The first-order valence-electron chi connectivity index (χ1n) is 9.84. The van der Waals surface area contributed by atoms with Crippen molar-refractivity contribution in [1.29, 1.82) is 0 Å². The van der Waals surface area contributed by atoms with E-state index in [1.807, 2.05) is 60.2 Å². The summed E-state index contributed by atoms with van der Waals surface area (Å²) in [5.41, 5.74) is 3.59. The molecule has 2 amide bonds. The highest BCUT2D eigenvalue weighted by atomic mass is 16.2. The Kier molecular flexibility index (Phi) is 5.42.